The van der Waals surface area contributed by atoms with Gasteiger partial charge in [-0.3, -0.25) is 9.59 Å². The summed E-state index contributed by atoms with van der Waals surface area (Å²) in [7, 11) is 0. The SMILES string of the molecule is Cc1ccc(NC2=C(c3ccc(F)cc3)C(=O)N(c3ccc(F)cc3)C2=O)cc1. The van der Waals surface area contributed by atoms with Crippen LogP contribution in [0.25, 0.3) is 5.57 Å². The number of rotatable bonds is 4. The molecule has 1 N–H and O–H groups in total. The Morgan fingerprint density at radius 1 is 0.724 bits per heavy atom. The second kappa shape index (κ2) is 7.31. The van der Waals surface area contributed by atoms with Crippen LogP contribution in [0.3, 0.4) is 0 Å². The first-order chi connectivity index (χ1) is 13.9. The van der Waals surface area contributed by atoms with Crippen LogP contribution in [0.2, 0.25) is 0 Å². The van der Waals surface area contributed by atoms with Gasteiger partial charge in [-0.05, 0) is 61.0 Å². The maximum atomic E-state index is 13.4. The number of hydrogen-bond donors (Lipinski definition) is 1. The summed E-state index contributed by atoms with van der Waals surface area (Å²) in [5, 5.41) is 3.02. The number of hydrogen-bond acceptors (Lipinski definition) is 3. The van der Waals surface area contributed by atoms with Crippen molar-refractivity contribution in [2.75, 3.05) is 10.2 Å². The van der Waals surface area contributed by atoms with Gasteiger partial charge in [0.2, 0.25) is 0 Å². The molecule has 0 aliphatic carbocycles. The zero-order valence-corrected chi connectivity index (χ0v) is 15.4. The van der Waals surface area contributed by atoms with Crippen molar-refractivity contribution in [3.05, 3.63) is 101 Å². The van der Waals surface area contributed by atoms with Gasteiger partial charge in [0.05, 0.1) is 11.3 Å². The molecule has 0 aromatic heterocycles. The van der Waals surface area contributed by atoms with Crippen LogP contribution < -0.4 is 10.2 Å². The van der Waals surface area contributed by atoms with E-state index >= 15 is 0 Å². The first-order valence-electron chi connectivity index (χ1n) is 8.92. The van der Waals surface area contributed by atoms with Crippen molar-refractivity contribution in [2.24, 2.45) is 0 Å². The highest BCUT2D eigenvalue weighted by Gasteiger charge is 2.40. The molecule has 6 heteroatoms. The third kappa shape index (κ3) is 3.52. The molecule has 1 aliphatic rings. The van der Waals surface area contributed by atoms with E-state index < -0.39 is 23.4 Å². The van der Waals surface area contributed by atoms with E-state index in [1.54, 1.807) is 12.1 Å². The molecule has 0 fully saturated rings. The maximum Gasteiger partial charge on any atom is 0.282 e. The van der Waals surface area contributed by atoms with Crippen LogP contribution in [0.4, 0.5) is 20.2 Å². The fraction of sp³-hybridized carbons (Fsp3) is 0.0435. The lowest BCUT2D eigenvalue weighted by atomic mass is 10.0. The number of nitrogens with zero attached hydrogens (tertiary/aromatic N) is 1. The van der Waals surface area contributed by atoms with Crippen LogP contribution in [-0.4, -0.2) is 11.8 Å². The van der Waals surface area contributed by atoms with Crippen molar-refractivity contribution in [1.82, 2.24) is 0 Å². The largest absolute Gasteiger partial charge is 0.350 e. The average molecular weight is 390 g/mol. The number of halogens is 2. The molecule has 0 atom stereocenters. The number of benzene rings is 3. The number of carbonyl (C=O) groups is 2. The van der Waals surface area contributed by atoms with E-state index in [0.29, 0.717) is 11.3 Å². The molecule has 0 spiro atoms. The molecule has 0 saturated heterocycles. The van der Waals surface area contributed by atoms with Crippen LogP contribution in [0.1, 0.15) is 11.1 Å². The van der Waals surface area contributed by atoms with Crippen molar-refractivity contribution >= 4 is 28.8 Å². The van der Waals surface area contributed by atoms with Crippen molar-refractivity contribution in [1.29, 1.82) is 0 Å². The Bertz CT molecular complexity index is 1120. The van der Waals surface area contributed by atoms with Crippen LogP contribution in [-0.2, 0) is 9.59 Å². The van der Waals surface area contributed by atoms with Crippen molar-refractivity contribution < 1.29 is 18.4 Å². The summed E-state index contributed by atoms with van der Waals surface area (Å²) in [6.07, 6.45) is 0. The van der Waals surface area contributed by atoms with Gasteiger partial charge in [-0.2, -0.15) is 0 Å². The second-order valence-electron chi connectivity index (χ2n) is 6.67. The average Bonchev–Trinajstić information content (AvgIpc) is 2.95. The number of imide groups is 1. The summed E-state index contributed by atoms with van der Waals surface area (Å²) in [4.78, 5) is 27.3. The number of carbonyl (C=O) groups excluding carboxylic acids is 2. The van der Waals surface area contributed by atoms with Crippen LogP contribution in [0, 0.1) is 18.6 Å². The molecule has 0 unspecified atom stereocenters. The molecule has 3 aromatic rings. The molecule has 0 bridgehead atoms. The van der Waals surface area contributed by atoms with E-state index in [0.717, 1.165) is 10.5 Å². The molecular formula is C23H16F2N2O2. The molecule has 1 aliphatic heterocycles. The smallest absolute Gasteiger partial charge is 0.282 e. The standard InChI is InChI=1S/C23H16F2N2O2/c1-14-2-10-18(11-3-14)26-21-20(15-4-6-16(24)7-5-15)22(28)27(23(21)29)19-12-8-17(25)9-13-19/h2-13,26H,1H3. The first-order valence-corrected chi connectivity index (χ1v) is 8.92. The zero-order valence-electron chi connectivity index (χ0n) is 15.4. The highest BCUT2D eigenvalue weighted by molar-refractivity contribution is 6.46. The molecule has 144 valence electrons. The Labute approximate surface area is 166 Å². The van der Waals surface area contributed by atoms with Gasteiger partial charge in [0.15, 0.2) is 0 Å². The summed E-state index contributed by atoms with van der Waals surface area (Å²) in [5.74, 6) is -2.06. The molecular weight excluding hydrogens is 374 g/mol. The summed E-state index contributed by atoms with van der Waals surface area (Å²) in [6.45, 7) is 1.94. The van der Waals surface area contributed by atoms with Gasteiger partial charge in [0.1, 0.15) is 17.3 Å². The minimum atomic E-state index is -0.568. The van der Waals surface area contributed by atoms with E-state index in [2.05, 4.69) is 5.32 Å². The molecule has 0 saturated carbocycles. The highest BCUT2D eigenvalue weighted by Crippen LogP contribution is 2.33. The Morgan fingerprint density at radius 2 is 1.28 bits per heavy atom. The molecule has 29 heavy (non-hydrogen) atoms. The van der Waals surface area contributed by atoms with E-state index in [1.807, 2.05) is 19.1 Å². The number of amides is 2. The molecule has 2 amide bonds. The second-order valence-corrected chi connectivity index (χ2v) is 6.67. The molecule has 4 nitrogen and oxygen atoms in total. The summed E-state index contributed by atoms with van der Waals surface area (Å²) in [5.41, 5.74) is 2.54. The Balaban J connectivity index is 1.80. The predicted molar refractivity (Wildman–Crippen MR) is 107 cm³/mol. The normalized spacial score (nSPS) is 14.0. The Kier molecular flexibility index (Phi) is 4.68. The number of nitrogens with one attached hydrogen (secondary N) is 1. The first kappa shape index (κ1) is 18.6. The van der Waals surface area contributed by atoms with E-state index in [1.165, 1.54) is 48.5 Å². The van der Waals surface area contributed by atoms with E-state index in [4.69, 9.17) is 0 Å². The minimum absolute atomic E-state index is 0.0785. The molecule has 0 radical (unpaired) electrons. The van der Waals surface area contributed by atoms with E-state index in [-0.39, 0.29) is 17.0 Å². The fourth-order valence-corrected chi connectivity index (χ4v) is 3.14. The van der Waals surface area contributed by atoms with Crippen molar-refractivity contribution in [3.8, 4) is 0 Å². The van der Waals surface area contributed by atoms with Gasteiger partial charge < -0.3 is 5.32 Å². The van der Waals surface area contributed by atoms with Gasteiger partial charge >= 0.3 is 0 Å². The van der Waals surface area contributed by atoms with Crippen LogP contribution in [0.15, 0.2) is 78.5 Å². The van der Waals surface area contributed by atoms with Crippen LogP contribution in [0.5, 0.6) is 0 Å². The van der Waals surface area contributed by atoms with Crippen molar-refractivity contribution in [3.63, 3.8) is 0 Å². The minimum Gasteiger partial charge on any atom is -0.350 e. The Morgan fingerprint density at radius 3 is 1.86 bits per heavy atom. The molecule has 3 aromatic carbocycles. The number of anilines is 2. The Hall–Kier alpha value is -3.80. The van der Waals surface area contributed by atoms with Crippen molar-refractivity contribution in [2.45, 2.75) is 6.92 Å². The van der Waals surface area contributed by atoms with Gasteiger partial charge in [-0.15, -0.1) is 0 Å². The highest BCUT2D eigenvalue weighted by atomic mass is 19.1. The lowest BCUT2D eigenvalue weighted by molar-refractivity contribution is -0.120. The quantitative estimate of drug-likeness (QED) is 0.659. The van der Waals surface area contributed by atoms with Gasteiger partial charge in [-0.25, -0.2) is 13.7 Å². The summed E-state index contributed by atoms with van der Waals surface area (Å²) in [6, 6.07) is 17.8. The number of aryl methyl sites for hydroxylation is 1. The lowest BCUT2D eigenvalue weighted by Gasteiger charge is -2.15. The lowest BCUT2D eigenvalue weighted by Crippen LogP contribution is -2.32. The zero-order chi connectivity index (χ0) is 20.5. The third-order valence-electron chi connectivity index (χ3n) is 4.62. The molecule has 1 heterocycles. The predicted octanol–water partition coefficient (Wildman–Crippen LogP) is 4.67. The van der Waals surface area contributed by atoms with Crippen LogP contribution >= 0.6 is 0 Å². The summed E-state index contributed by atoms with van der Waals surface area (Å²) >= 11 is 0. The van der Waals surface area contributed by atoms with Gasteiger partial charge in [-0.1, -0.05) is 29.8 Å². The van der Waals surface area contributed by atoms with Gasteiger partial charge in [0, 0.05) is 5.69 Å². The fourth-order valence-electron chi connectivity index (χ4n) is 3.14. The molecule has 4 rings (SSSR count). The van der Waals surface area contributed by atoms with Gasteiger partial charge in [0.25, 0.3) is 11.8 Å². The third-order valence-corrected chi connectivity index (χ3v) is 4.62. The monoisotopic (exact) mass is 390 g/mol. The van der Waals surface area contributed by atoms with E-state index in [9.17, 15) is 18.4 Å². The summed E-state index contributed by atoms with van der Waals surface area (Å²) < 4.78 is 26.7. The maximum absolute atomic E-state index is 13.4. The topological polar surface area (TPSA) is 49.4 Å².